The zero-order valence-corrected chi connectivity index (χ0v) is 7.61. The van der Waals surface area contributed by atoms with E-state index < -0.39 is 0 Å². The van der Waals surface area contributed by atoms with Gasteiger partial charge in [-0.1, -0.05) is 6.42 Å². The molecule has 0 atom stereocenters. The lowest BCUT2D eigenvalue weighted by atomic mass is 9.85. The minimum atomic E-state index is 0.694. The Morgan fingerprint density at radius 3 is 2.92 bits per heavy atom. The number of hydrogen-bond acceptors (Lipinski definition) is 2. The van der Waals surface area contributed by atoms with Crippen LogP contribution in [0.1, 0.15) is 36.8 Å². The summed E-state index contributed by atoms with van der Waals surface area (Å²) in [4.78, 5) is 0. The molecule has 2 aliphatic rings. The van der Waals surface area contributed by atoms with Gasteiger partial charge in [0.05, 0.1) is 6.54 Å². The van der Waals surface area contributed by atoms with Gasteiger partial charge in [0.1, 0.15) is 11.6 Å². The molecule has 1 aliphatic carbocycles. The topological polar surface area (TPSA) is 44.8 Å². The molecule has 1 aliphatic heterocycles. The highest BCUT2D eigenvalue weighted by Crippen LogP contribution is 2.35. The highest BCUT2D eigenvalue weighted by Gasteiger charge is 2.27. The molecule has 4 heteroatoms. The van der Waals surface area contributed by atoms with Gasteiger partial charge in [0.25, 0.3) is 0 Å². The number of rotatable bonds is 1. The maximum Gasteiger partial charge on any atom is 0.148 e. The van der Waals surface area contributed by atoms with Crippen LogP contribution in [0.15, 0.2) is 0 Å². The molecule has 13 heavy (non-hydrogen) atoms. The van der Waals surface area contributed by atoms with Crippen LogP contribution < -0.4 is 5.32 Å². The summed E-state index contributed by atoms with van der Waals surface area (Å²) in [5, 5.41) is 12.8. The standard InChI is InChI=1S/C9H13N4/c1-2-7(3-1)9-12-11-8-6-10-4-5-13(8)9/h7H,1-6H2. The predicted molar refractivity (Wildman–Crippen MR) is 47.3 cm³/mol. The van der Waals surface area contributed by atoms with Crippen LogP contribution in [0.3, 0.4) is 0 Å². The average Bonchev–Trinajstić information content (AvgIpc) is 2.47. The molecule has 0 spiro atoms. The van der Waals surface area contributed by atoms with E-state index in [4.69, 9.17) is 0 Å². The lowest BCUT2D eigenvalue weighted by Crippen LogP contribution is -2.26. The molecule has 3 rings (SSSR count). The van der Waals surface area contributed by atoms with E-state index in [2.05, 4.69) is 20.1 Å². The lowest BCUT2D eigenvalue weighted by Gasteiger charge is -2.26. The molecule has 1 fully saturated rings. The normalized spacial score (nSPS) is 22.5. The van der Waals surface area contributed by atoms with Crippen LogP contribution in [-0.4, -0.2) is 21.3 Å². The van der Waals surface area contributed by atoms with Crippen molar-refractivity contribution < 1.29 is 0 Å². The fourth-order valence-corrected chi connectivity index (χ4v) is 2.03. The molecule has 69 valence electrons. The van der Waals surface area contributed by atoms with Gasteiger partial charge >= 0.3 is 0 Å². The Bertz CT molecular complexity index is 313. The first kappa shape index (κ1) is 7.50. The Kier molecular flexibility index (Phi) is 1.62. The van der Waals surface area contributed by atoms with Crippen LogP contribution in [0.25, 0.3) is 0 Å². The summed E-state index contributed by atoms with van der Waals surface area (Å²) in [5.41, 5.74) is 0. The van der Waals surface area contributed by atoms with Crippen LogP contribution in [-0.2, 0) is 13.1 Å². The van der Waals surface area contributed by atoms with Crippen molar-refractivity contribution in [3.8, 4) is 0 Å². The molecule has 4 nitrogen and oxygen atoms in total. The molecule has 0 bridgehead atoms. The van der Waals surface area contributed by atoms with E-state index in [0.29, 0.717) is 5.92 Å². The zero-order valence-electron chi connectivity index (χ0n) is 7.61. The Morgan fingerprint density at radius 1 is 1.23 bits per heavy atom. The van der Waals surface area contributed by atoms with Crippen LogP contribution in [0, 0.1) is 0 Å². The van der Waals surface area contributed by atoms with Gasteiger partial charge < -0.3 is 4.57 Å². The van der Waals surface area contributed by atoms with Gasteiger partial charge in [-0.25, -0.2) is 5.32 Å². The second-order valence-corrected chi connectivity index (χ2v) is 3.86. The maximum atomic E-state index is 4.31. The average molecular weight is 177 g/mol. The van der Waals surface area contributed by atoms with Crippen LogP contribution >= 0.6 is 0 Å². The van der Waals surface area contributed by atoms with E-state index in [-0.39, 0.29) is 0 Å². The molecule has 1 aromatic heterocycles. The van der Waals surface area contributed by atoms with Crippen molar-refractivity contribution in [1.29, 1.82) is 0 Å². The molecule has 0 aromatic carbocycles. The second-order valence-electron chi connectivity index (χ2n) is 3.86. The van der Waals surface area contributed by atoms with E-state index >= 15 is 0 Å². The zero-order chi connectivity index (χ0) is 8.67. The van der Waals surface area contributed by atoms with Crippen LogP contribution in [0.5, 0.6) is 0 Å². The molecular formula is C9H13N4. The third kappa shape index (κ3) is 1.09. The monoisotopic (exact) mass is 177 g/mol. The van der Waals surface area contributed by atoms with Gasteiger partial charge in [-0.15, -0.1) is 10.2 Å². The van der Waals surface area contributed by atoms with Gasteiger partial charge in [-0.3, -0.25) is 0 Å². The Balaban J connectivity index is 1.95. The van der Waals surface area contributed by atoms with Gasteiger partial charge in [-0.2, -0.15) is 0 Å². The molecule has 1 saturated carbocycles. The van der Waals surface area contributed by atoms with Gasteiger partial charge in [0, 0.05) is 19.0 Å². The SMILES string of the molecule is C1CC(c2nnc3n2CC[N]C3)C1. The van der Waals surface area contributed by atoms with Crippen molar-refractivity contribution in [1.82, 2.24) is 20.1 Å². The van der Waals surface area contributed by atoms with E-state index in [0.717, 1.165) is 25.5 Å². The molecule has 1 aromatic rings. The number of fused-ring (bicyclic) bond motifs is 1. The third-order valence-corrected chi connectivity index (χ3v) is 3.06. The number of nitrogens with zero attached hydrogens (tertiary/aromatic N) is 4. The second kappa shape index (κ2) is 2.80. The summed E-state index contributed by atoms with van der Waals surface area (Å²) < 4.78 is 2.27. The van der Waals surface area contributed by atoms with E-state index in [1.54, 1.807) is 0 Å². The fourth-order valence-electron chi connectivity index (χ4n) is 2.03. The van der Waals surface area contributed by atoms with Gasteiger partial charge in [-0.05, 0) is 12.8 Å². The molecule has 2 heterocycles. The quantitative estimate of drug-likeness (QED) is 0.632. The Labute approximate surface area is 77.4 Å². The summed E-state index contributed by atoms with van der Waals surface area (Å²) in [7, 11) is 0. The largest absolute Gasteiger partial charge is 0.312 e. The van der Waals surface area contributed by atoms with Gasteiger partial charge in [0.2, 0.25) is 0 Å². The first-order valence-electron chi connectivity index (χ1n) is 5.00. The van der Waals surface area contributed by atoms with E-state index in [1.807, 2.05) is 0 Å². The molecule has 0 N–H and O–H groups in total. The van der Waals surface area contributed by atoms with E-state index in [9.17, 15) is 0 Å². The highest BCUT2D eigenvalue weighted by molar-refractivity contribution is 5.06. The summed E-state index contributed by atoms with van der Waals surface area (Å²) in [6.07, 6.45) is 3.96. The summed E-state index contributed by atoms with van der Waals surface area (Å²) in [6.45, 7) is 2.69. The molecular weight excluding hydrogens is 164 g/mol. The van der Waals surface area contributed by atoms with Crippen molar-refractivity contribution in [2.45, 2.75) is 38.3 Å². The van der Waals surface area contributed by atoms with Crippen molar-refractivity contribution in [3.63, 3.8) is 0 Å². The van der Waals surface area contributed by atoms with Crippen molar-refractivity contribution in [3.05, 3.63) is 11.6 Å². The first-order valence-corrected chi connectivity index (χ1v) is 5.00. The predicted octanol–water partition coefficient (Wildman–Crippen LogP) is 0.664. The van der Waals surface area contributed by atoms with Crippen LogP contribution in [0.4, 0.5) is 0 Å². The smallest absolute Gasteiger partial charge is 0.148 e. The molecule has 0 unspecified atom stereocenters. The van der Waals surface area contributed by atoms with Crippen molar-refractivity contribution in [2.75, 3.05) is 6.54 Å². The highest BCUT2D eigenvalue weighted by atomic mass is 15.3. The maximum absolute atomic E-state index is 4.31. The molecule has 0 saturated heterocycles. The molecule has 0 amide bonds. The summed E-state index contributed by atoms with van der Waals surface area (Å²) in [5.74, 6) is 2.98. The number of hydrogen-bond donors (Lipinski definition) is 0. The van der Waals surface area contributed by atoms with E-state index in [1.165, 1.54) is 25.1 Å². The van der Waals surface area contributed by atoms with Crippen molar-refractivity contribution >= 4 is 0 Å². The number of aromatic nitrogens is 3. The minimum absolute atomic E-state index is 0.694. The van der Waals surface area contributed by atoms with Crippen LogP contribution in [0.2, 0.25) is 0 Å². The Hall–Kier alpha value is -0.900. The first-order chi connectivity index (χ1) is 6.45. The van der Waals surface area contributed by atoms with Gasteiger partial charge in [0.15, 0.2) is 0 Å². The Morgan fingerprint density at radius 2 is 2.15 bits per heavy atom. The fraction of sp³-hybridized carbons (Fsp3) is 0.778. The molecule has 1 radical (unpaired) electrons. The summed E-state index contributed by atoms with van der Waals surface area (Å²) >= 11 is 0. The summed E-state index contributed by atoms with van der Waals surface area (Å²) in [6, 6.07) is 0. The third-order valence-electron chi connectivity index (χ3n) is 3.06. The lowest BCUT2D eigenvalue weighted by molar-refractivity contribution is 0.375. The van der Waals surface area contributed by atoms with Crippen molar-refractivity contribution in [2.24, 2.45) is 0 Å². The minimum Gasteiger partial charge on any atom is -0.312 e.